The Kier molecular flexibility index (Phi) is 11.7. The number of carbonyl (C=O) groups excluding carboxylic acids is 1. The summed E-state index contributed by atoms with van der Waals surface area (Å²) >= 11 is 0. The minimum Gasteiger partial charge on any atom is -0.484 e. The fraction of sp³-hybridized carbons (Fsp3) is 0.667. The molecule has 1 aromatic rings. The van der Waals surface area contributed by atoms with Crippen molar-refractivity contribution in [3.63, 3.8) is 0 Å². The molecule has 33 heavy (non-hydrogen) atoms. The quantitative estimate of drug-likeness (QED) is 0.283. The number of hydrogen-bond donors (Lipinski definition) is 2. The molecule has 8 nitrogen and oxygen atoms in total. The number of guanidine groups is 1. The third-order valence-electron chi connectivity index (χ3n) is 6.49. The predicted octanol–water partition coefficient (Wildman–Crippen LogP) is 2.47. The van der Waals surface area contributed by atoms with Crippen LogP contribution in [-0.2, 0) is 16.1 Å². The standard InChI is InChI=1S/C24H39N5O3.HI/c1-25-23(26-17-20-8-7-9-21(16-20)32-18-22(30)28(2)3)27-19-24(10-5-4-6-11-24)29-12-14-31-15-13-29;/h7-9,16H,4-6,10-15,17-19H2,1-3H3,(H2,25,26,27);1H. The Morgan fingerprint density at radius 3 is 2.58 bits per heavy atom. The summed E-state index contributed by atoms with van der Waals surface area (Å²) in [6, 6.07) is 7.81. The molecule has 2 fully saturated rings. The van der Waals surface area contributed by atoms with E-state index in [4.69, 9.17) is 9.47 Å². The van der Waals surface area contributed by atoms with Gasteiger partial charge in [0.15, 0.2) is 12.6 Å². The summed E-state index contributed by atoms with van der Waals surface area (Å²) in [6.07, 6.45) is 6.35. The van der Waals surface area contributed by atoms with Crippen LogP contribution in [0.15, 0.2) is 29.3 Å². The van der Waals surface area contributed by atoms with E-state index >= 15 is 0 Å². The van der Waals surface area contributed by atoms with Crippen LogP contribution in [0.5, 0.6) is 5.75 Å². The number of carbonyl (C=O) groups is 1. The average molecular weight is 574 g/mol. The molecule has 3 rings (SSSR count). The summed E-state index contributed by atoms with van der Waals surface area (Å²) in [7, 11) is 5.26. The van der Waals surface area contributed by atoms with Gasteiger partial charge in [-0.25, -0.2) is 0 Å². The monoisotopic (exact) mass is 573 g/mol. The Bertz CT molecular complexity index is 762. The van der Waals surface area contributed by atoms with Crippen LogP contribution in [0.25, 0.3) is 0 Å². The number of amides is 1. The third kappa shape index (κ3) is 8.29. The van der Waals surface area contributed by atoms with E-state index < -0.39 is 0 Å². The molecule has 1 saturated heterocycles. The highest BCUT2D eigenvalue weighted by atomic mass is 127. The molecule has 2 N–H and O–H groups in total. The number of halogens is 1. The minimum absolute atomic E-state index is 0. The van der Waals surface area contributed by atoms with Crippen molar-refractivity contribution in [2.24, 2.45) is 4.99 Å². The van der Waals surface area contributed by atoms with E-state index in [0.29, 0.717) is 12.3 Å². The van der Waals surface area contributed by atoms with Crippen molar-refractivity contribution in [3.8, 4) is 5.75 Å². The SMILES string of the molecule is CN=C(NCc1cccc(OCC(=O)N(C)C)c1)NCC1(N2CCOCC2)CCCCC1.I. The van der Waals surface area contributed by atoms with E-state index in [-0.39, 0.29) is 42.0 Å². The Morgan fingerprint density at radius 2 is 1.91 bits per heavy atom. The van der Waals surface area contributed by atoms with E-state index in [0.717, 1.165) is 44.4 Å². The van der Waals surface area contributed by atoms with Gasteiger partial charge in [-0.1, -0.05) is 31.4 Å². The molecule has 1 saturated carbocycles. The van der Waals surface area contributed by atoms with Crippen molar-refractivity contribution >= 4 is 35.8 Å². The first kappa shape index (κ1) is 27.7. The minimum atomic E-state index is -0.0601. The number of rotatable bonds is 8. The van der Waals surface area contributed by atoms with Gasteiger partial charge in [-0.15, -0.1) is 24.0 Å². The highest BCUT2D eigenvalue weighted by Crippen LogP contribution is 2.33. The fourth-order valence-corrected chi connectivity index (χ4v) is 4.53. The first-order valence-electron chi connectivity index (χ1n) is 11.7. The summed E-state index contributed by atoms with van der Waals surface area (Å²) < 4.78 is 11.2. The number of morpholine rings is 1. The normalized spacial score (nSPS) is 18.7. The maximum absolute atomic E-state index is 11.8. The Morgan fingerprint density at radius 1 is 1.18 bits per heavy atom. The first-order chi connectivity index (χ1) is 15.5. The van der Waals surface area contributed by atoms with Gasteiger partial charge >= 0.3 is 0 Å². The second kappa shape index (κ2) is 14.0. The zero-order valence-electron chi connectivity index (χ0n) is 20.3. The third-order valence-corrected chi connectivity index (χ3v) is 6.49. The van der Waals surface area contributed by atoms with Crippen LogP contribution < -0.4 is 15.4 Å². The average Bonchev–Trinajstić information content (AvgIpc) is 2.84. The van der Waals surface area contributed by atoms with Crippen LogP contribution in [0.3, 0.4) is 0 Å². The van der Waals surface area contributed by atoms with E-state index in [1.807, 2.05) is 31.3 Å². The first-order valence-corrected chi connectivity index (χ1v) is 11.7. The summed E-state index contributed by atoms with van der Waals surface area (Å²) in [5, 5.41) is 7.01. The number of ether oxygens (including phenoxy) is 2. The lowest BCUT2D eigenvalue weighted by atomic mass is 9.80. The molecule has 1 aromatic carbocycles. The number of hydrogen-bond acceptors (Lipinski definition) is 5. The Balaban J connectivity index is 0.00000385. The van der Waals surface area contributed by atoms with Crippen LogP contribution in [0.4, 0.5) is 0 Å². The molecule has 0 aromatic heterocycles. The highest BCUT2D eigenvalue weighted by molar-refractivity contribution is 14.0. The lowest BCUT2D eigenvalue weighted by Gasteiger charge is -2.48. The van der Waals surface area contributed by atoms with Crippen LogP contribution in [0.2, 0.25) is 0 Å². The zero-order valence-corrected chi connectivity index (χ0v) is 22.6. The molecule has 0 radical (unpaired) electrons. The molecule has 2 aliphatic rings. The van der Waals surface area contributed by atoms with E-state index in [9.17, 15) is 4.79 Å². The zero-order chi connectivity index (χ0) is 22.8. The molecule has 186 valence electrons. The number of benzene rings is 1. The second-order valence-corrected chi connectivity index (χ2v) is 8.89. The molecule has 9 heteroatoms. The molecule has 1 aliphatic carbocycles. The van der Waals surface area contributed by atoms with Crippen LogP contribution in [0, 0.1) is 0 Å². The molecule has 0 spiro atoms. The van der Waals surface area contributed by atoms with Crippen molar-refractivity contribution in [1.29, 1.82) is 0 Å². The van der Waals surface area contributed by atoms with E-state index in [1.165, 1.54) is 37.0 Å². The lowest BCUT2D eigenvalue weighted by Crippen LogP contribution is -2.60. The van der Waals surface area contributed by atoms with Gasteiger partial charge in [-0.05, 0) is 30.5 Å². The smallest absolute Gasteiger partial charge is 0.259 e. The van der Waals surface area contributed by atoms with Crippen molar-refractivity contribution in [2.45, 2.75) is 44.2 Å². The fourth-order valence-electron chi connectivity index (χ4n) is 4.53. The van der Waals surface area contributed by atoms with Gasteiger partial charge in [-0.2, -0.15) is 0 Å². The largest absolute Gasteiger partial charge is 0.484 e. The van der Waals surface area contributed by atoms with Crippen molar-refractivity contribution in [2.75, 3.05) is 60.6 Å². The number of nitrogens with zero attached hydrogens (tertiary/aromatic N) is 3. The molecule has 1 amide bonds. The lowest BCUT2D eigenvalue weighted by molar-refractivity contribution is -0.130. The predicted molar refractivity (Wildman–Crippen MR) is 142 cm³/mol. The maximum Gasteiger partial charge on any atom is 0.259 e. The molecule has 1 heterocycles. The Hall–Kier alpha value is -1.59. The summed E-state index contributed by atoms with van der Waals surface area (Å²) in [4.78, 5) is 20.3. The number of likely N-dealkylation sites (N-methyl/N-ethyl adjacent to an activating group) is 1. The van der Waals surface area contributed by atoms with Crippen molar-refractivity contribution in [3.05, 3.63) is 29.8 Å². The van der Waals surface area contributed by atoms with Gasteiger partial charge in [0.1, 0.15) is 5.75 Å². The molecule has 0 atom stereocenters. The summed E-state index contributed by atoms with van der Waals surface area (Å²) in [5.41, 5.74) is 1.26. The molecular weight excluding hydrogens is 533 g/mol. The highest BCUT2D eigenvalue weighted by Gasteiger charge is 2.38. The van der Waals surface area contributed by atoms with Crippen LogP contribution >= 0.6 is 24.0 Å². The van der Waals surface area contributed by atoms with Crippen molar-refractivity contribution < 1.29 is 14.3 Å². The molecule has 0 bridgehead atoms. The molecular formula is C24H40IN5O3. The Labute approximate surface area is 215 Å². The van der Waals surface area contributed by atoms with E-state index in [1.54, 1.807) is 14.1 Å². The number of aliphatic imine (C=N–C) groups is 1. The van der Waals surface area contributed by atoms with Gasteiger partial charge in [0.05, 0.1) is 13.2 Å². The van der Waals surface area contributed by atoms with Gasteiger partial charge in [0.25, 0.3) is 5.91 Å². The van der Waals surface area contributed by atoms with Gasteiger partial charge in [0, 0.05) is 52.9 Å². The van der Waals surface area contributed by atoms with Crippen LogP contribution in [-0.4, -0.2) is 87.8 Å². The maximum atomic E-state index is 11.8. The van der Waals surface area contributed by atoms with Crippen molar-refractivity contribution in [1.82, 2.24) is 20.4 Å². The van der Waals surface area contributed by atoms with E-state index in [2.05, 4.69) is 20.5 Å². The van der Waals surface area contributed by atoms with Crippen LogP contribution in [0.1, 0.15) is 37.7 Å². The van der Waals surface area contributed by atoms with Gasteiger partial charge in [0.2, 0.25) is 0 Å². The van der Waals surface area contributed by atoms with Gasteiger partial charge in [-0.3, -0.25) is 14.7 Å². The van der Waals surface area contributed by atoms with Gasteiger partial charge < -0.3 is 25.0 Å². The molecule has 0 unspecified atom stereocenters. The molecule has 1 aliphatic heterocycles. The summed E-state index contributed by atoms with van der Waals surface area (Å²) in [6.45, 7) is 5.23. The second-order valence-electron chi connectivity index (χ2n) is 8.89. The number of nitrogens with one attached hydrogen (secondary N) is 2. The summed E-state index contributed by atoms with van der Waals surface area (Å²) in [5.74, 6) is 1.43. The topological polar surface area (TPSA) is 78.4 Å².